The van der Waals surface area contributed by atoms with E-state index in [9.17, 15) is 8.42 Å². The van der Waals surface area contributed by atoms with Gasteiger partial charge in [0.2, 0.25) is 0 Å². The fourth-order valence-corrected chi connectivity index (χ4v) is 4.94. The van der Waals surface area contributed by atoms with Gasteiger partial charge in [0.15, 0.2) is 5.65 Å². The maximum Gasteiger partial charge on any atom is 0.270 e. The van der Waals surface area contributed by atoms with E-state index in [2.05, 4.69) is 20.9 Å². The molecule has 0 spiro atoms. The molecule has 0 aliphatic heterocycles. The third kappa shape index (κ3) is 2.27. The number of pyridine rings is 1. The molecule has 102 valence electrons. The van der Waals surface area contributed by atoms with E-state index in [-0.39, 0.29) is 4.90 Å². The number of aromatic nitrogens is 2. The van der Waals surface area contributed by atoms with Crippen LogP contribution in [0.25, 0.3) is 11.0 Å². The highest BCUT2D eigenvalue weighted by molar-refractivity contribution is 14.1. The lowest BCUT2D eigenvalue weighted by atomic mass is 10.3. The Morgan fingerprint density at radius 2 is 1.80 bits per heavy atom. The van der Waals surface area contributed by atoms with E-state index in [1.165, 1.54) is 3.97 Å². The molecule has 7 heteroatoms. The molecule has 0 radical (unpaired) electrons. The summed E-state index contributed by atoms with van der Waals surface area (Å²) in [6.07, 6.45) is 0. The van der Waals surface area contributed by atoms with Gasteiger partial charge >= 0.3 is 0 Å². The molecule has 0 saturated carbocycles. The lowest BCUT2D eigenvalue weighted by Gasteiger charge is -2.08. The zero-order valence-corrected chi connectivity index (χ0v) is 14.6. The maximum atomic E-state index is 12.7. The van der Waals surface area contributed by atoms with Crippen LogP contribution in [0.5, 0.6) is 0 Å². The third-order valence-corrected chi connectivity index (χ3v) is 6.09. The molecule has 0 amide bonds. The summed E-state index contributed by atoms with van der Waals surface area (Å²) >= 11 is 5.28. The molecular formula is C13H8BrIN2O2S. The van der Waals surface area contributed by atoms with Gasteiger partial charge in [0.05, 0.1) is 8.60 Å². The summed E-state index contributed by atoms with van der Waals surface area (Å²) in [7, 11) is -3.64. The number of hydrogen-bond acceptors (Lipinski definition) is 3. The molecule has 0 aliphatic rings. The van der Waals surface area contributed by atoms with Crippen LogP contribution in [0.15, 0.2) is 58.0 Å². The van der Waals surface area contributed by atoms with Crippen LogP contribution in [0.1, 0.15) is 0 Å². The predicted octanol–water partition coefficient (Wildman–Crippen LogP) is 3.64. The molecule has 2 aromatic heterocycles. The normalized spacial score (nSPS) is 11.9. The number of nitrogens with zero attached hydrogens (tertiary/aromatic N) is 2. The van der Waals surface area contributed by atoms with E-state index >= 15 is 0 Å². The number of halogens is 2. The molecule has 3 rings (SSSR count). The highest BCUT2D eigenvalue weighted by Gasteiger charge is 2.22. The molecule has 20 heavy (non-hydrogen) atoms. The Balaban J connectivity index is 2.35. The van der Waals surface area contributed by atoms with Crippen molar-refractivity contribution in [2.24, 2.45) is 0 Å². The zero-order valence-electron chi connectivity index (χ0n) is 9.99. The van der Waals surface area contributed by atoms with Gasteiger partial charge in [0, 0.05) is 5.39 Å². The van der Waals surface area contributed by atoms with Gasteiger partial charge in [-0.2, -0.15) is 0 Å². The number of rotatable bonds is 2. The van der Waals surface area contributed by atoms with Gasteiger partial charge < -0.3 is 0 Å². The van der Waals surface area contributed by atoms with Gasteiger partial charge in [-0.25, -0.2) is 17.4 Å². The first-order valence-electron chi connectivity index (χ1n) is 5.64. The van der Waals surface area contributed by atoms with Crippen molar-refractivity contribution in [3.63, 3.8) is 0 Å². The lowest BCUT2D eigenvalue weighted by molar-refractivity contribution is 0.588. The second-order valence-corrected chi connectivity index (χ2v) is 7.80. The van der Waals surface area contributed by atoms with Gasteiger partial charge in [0.1, 0.15) is 4.60 Å². The predicted molar refractivity (Wildman–Crippen MR) is 89.2 cm³/mol. The van der Waals surface area contributed by atoms with Gasteiger partial charge in [0.25, 0.3) is 10.0 Å². The van der Waals surface area contributed by atoms with Crippen LogP contribution in [0, 0.1) is 3.70 Å². The van der Waals surface area contributed by atoms with Crippen molar-refractivity contribution in [2.45, 2.75) is 4.90 Å². The third-order valence-electron chi connectivity index (χ3n) is 2.81. The van der Waals surface area contributed by atoms with Crippen molar-refractivity contribution in [3.05, 3.63) is 56.8 Å². The Morgan fingerprint density at radius 3 is 2.50 bits per heavy atom. The fraction of sp³-hybridized carbons (Fsp3) is 0. The van der Waals surface area contributed by atoms with E-state index in [1.807, 2.05) is 28.7 Å². The summed E-state index contributed by atoms with van der Waals surface area (Å²) in [5, 5.41) is 0.789. The van der Waals surface area contributed by atoms with Crippen molar-refractivity contribution in [2.75, 3.05) is 0 Å². The Bertz CT molecular complexity index is 891. The molecule has 4 nitrogen and oxygen atoms in total. The van der Waals surface area contributed by atoms with E-state index < -0.39 is 10.0 Å². The van der Waals surface area contributed by atoms with Crippen LogP contribution in [0.4, 0.5) is 0 Å². The summed E-state index contributed by atoms with van der Waals surface area (Å²) in [4.78, 5) is 4.53. The quantitative estimate of drug-likeness (QED) is 0.431. The topological polar surface area (TPSA) is 52.0 Å². The SMILES string of the molecule is O=S(=O)(c1ccccc1)n1c(I)cc2ccc(Br)nc21. The Kier molecular flexibility index (Phi) is 3.59. The summed E-state index contributed by atoms with van der Waals surface area (Å²) in [5.74, 6) is 0. The Morgan fingerprint density at radius 1 is 1.10 bits per heavy atom. The van der Waals surface area contributed by atoms with Crippen LogP contribution >= 0.6 is 38.5 Å². The molecule has 0 bridgehead atoms. The smallest absolute Gasteiger partial charge is 0.222 e. The maximum absolute atomic E-state index is 12.7. The summed E-state index contributed by atoms with van der Waals surface area (Å²) in [6.45, 7) is 0. The highest BCUT2D eigenvalue weighted by atomic mass is 127. The first-order chi connectivity index (χ1) is 9.50. The first kappa shape index (κ1) is 14.0. The Hall–Kier alpha value is -0.930. The second-order valence-electron chi connectivity index (χ2n) is 4.10. The van der Waals surface area contributed by atoms with E-state index in [0.717, 1.165) is 5.39 Å². The zero-order chi connectivity index (χ0) is 14.3. The standard InChI is InChI=1S/C13H8BrIN2O2S/c14-11-7-6-9-8-12(15)17(13(9)16-11)20(18,19)10-4-2-1-3-5-10/h1-8H. The molecule has 0 aliphatic carbocycles. The number of benzene rings is 1. The Labute approximate surface area is 138 Å². The average molecular weight is 463 g/mol. The van der Waals surface area contributed by atoms with Crippen LogP contribution in [-0.4, -0.2) is 17.4 Å². The van der Waals surface area contributed by atoms with Crippen molar-refractivity contribution < 1.29 is 8.42 Å². The molecule has 1 aromatic carbocycles. The van der Waals surface area contributed by atoms with E-state index in [1.54, 1.807) is 42.5 Å². The van der Waals surface area contributed by atoms with Gasteiger partial charge in [-0.05, 0) is 68.9 Å². The minimum Gasteiger partial charge on any atom is -0.222 e. The number of fused-ring (bicyclic) bond motifs is 1. The molecule has 2 heterocycles. The average Bonchev–Trinajstić information content (AvgIpc) is 2.75. The second kappa shape index (κ2) is 5.12. The van der Waals surface area contributed by atoms with Crippen molar-refractivity contribution in [1.29, 1.82) is 0 Å². The van der Waals surface area contributed by atoms with Crippen molar-refractivity contribution >= 4 is 59.6 Å². The molecule has 3 aromatic rings. The van der Waals surface area contributed by atoms with Gasteiger partial charge in [-0.15, -0.1) is 0 Å². The van der Waals surface area contributed by atoms with Crippen molar-refractivity contribution in [1.82, 2.24) is 8.96 Å². The molecule has 0 fully saturated rings. The minimum absolute atomic E-state index is 0.247. The van der Waals surface area contributed by atoms with Gasteiger partial charge in [-0.1, -0.05) is 18.2 Å². The molecule has 0 atom stereocenters. The summed E-state index contributed by atoms with van der Waals surface area (Å²) in [5.41, 5.74) is 0.424. The number of hydrogen-bond donors (Lipinski definition) is 0. The largest absolute Gasteiger partial charge is 0.270 e. The van der Waals surface area contributed by atoms with Gasteiger partial charge in [-0.3, -0.25) is 0 Å². The lowest BCUT2D eigenvalue weighted by Crippen LogP contribution is -2.14. The fourth-order valence-electron chi connectivity index (χ4n) is 1.93. The van der Waals surface area contributed by atoms with E-state index in [0.29, 0.717) is 14.0 Å². The molecular weight excluding hydrogens is 455 g/mol. The summed E-state index contributed by atoms with van der Waals surface area (Å²) in [6, 6.07) is 13.8. The van der Waals surface area contributed by atoms with E-state index in [4.69, 9.17) is 0 Å². The summed E-state index contributed by atoms with van der Waals surface area (Å²) < 4.78 is 28.0. The minimum atomic E-state index is -3.64. The van der Waals surface area contributed by atoms with Crippen LogP contribution < -0.4 is 0 Å². The molecule has 0 unspecified atom stereocenters. The van der Waals surface area contributed by atoms with Crippen molar-refractivity contribution in [3.8, 4) is 0 Å². The van der Waals surface area contributed by atoms with Crippen LogP contribution in [-0.2, 0) is 10.0 Å². The van der Waals surface area contributed by atoms with Crippen LogP contribution in [0.3, 0.4) is 0 Å². The monoisotopic (exact) mass is 462 g/mol. The molecule has 0 saturated heterocycles. The van der Waals surface area contributed by atoms with Crippen LogP contribution in [0.2, 0.25) is 0 Å². The molecule has 0 N–H and O–H groups in total. The highest BCUT2D eigenvalue weighted by Crippen LogP contribution is 2.26. The first-order valence-corrected chi connectivity index (χ1v) is 8.95.